The summed E-state index contributed by atoms with van der Waals surface area (Å²) in [5.41, 5.74) is 16.0. The first-order valence-corrected chi connectivity index (χ1v) is 11.5. The molecule has 0 saturated carbocycles. The number of piperidine rings is 1. The first kappa shape index (κ1) is 25.5. The van der Waals surface area contributed by atoms with E-state index in [-0.39, 0.29) is 28.2 Å². The molecule has 1 fully saturated rings. The van der Waals surface area contributed by atoms with Crippen molar-refractivity contribution in [1.82, 2.24) is 15.8 Å². The number of guanidine groups is 1. The van der Waals surface area contributed by atoms with Crippen molar-refractivity contribution in [1.29, 1.82) is 0 Å². The van der Waals surface area contributed by atoms with Crippen LogP contribution in [0, 0.1) is 0 Å². The molecule has 2 heterocycles. The molecule has 0 spiro atoms. The van der Waals surface area contributed by atoms with E-state index in [4.69, 9.17) is 32.5 Å². The van der Waals surface area contributed by atoms with Crippen LogP contribution < -0.4 is 27.1 Å². The second kappa shape index (κ2) is 10.2. The Bertz CT molecular complexity index is 1070. The summed E-state index contributed by atoms with van der Waals surface area (Å²) in [4.78, 5) is 6.26. The minimum atomic E-state index is -4.68. The zero-order valence-corrected chi connectivity index (χ0v) is 19.9. The van der Waals surface area contributed by atoms with E-state index in [1.54, 1.807) is 31.4 Å². The number of hydrogen-bond acceptors (Lipinski definition) is 8. The lowest BCUT2D eigenvalue weighted by molar-refractivity contribution is -0.137. The van der Waals surface area contributed by atoms with Crippen molar-refractivity contribution >= 4 is 17.6 Å². The van der Waals surface area contributed by atoms with Crippen LogP contribution in [0.15, 0.2) is 41.4 Å². The highest BCUT2D eigenvalue weighted by atomic mass is 35.5. The van der Waals surface area contributed by atoms with Crippen LogP contribution in [0.2, 0.25) is 5.02 Å². The minimum Gasteiger partial charge on any atom is -0.490 e. The van der Waals surface area contributed by atoms with Crippen molar-refractivity contribution in [3.63, 3.8) is 0 Å². The fourth-order valence-electron chi connectivity index (χ4n) is 4.25. The molecule has 190 valence electrons. The summed E-state index contributed by atoms with van der Waals surface area (Å²) in [7, 11) is 1.68. The molecule has 2 aromatic rings. The van der Waals surface area contributed by atoms with Crippen LogP contribution in [0.25, 0.3) is 11.1 Å². The number of alkyl halides is 3. The molecule has 1 unspecified atom stereocenters. The van der Waals surface area contributed by atoms with Gasteiger partial charge in [-0.25, -0.2) is 4.99 Å². The summed E-state index contributed by atoms with van der Waals surface area (Å²) in [6.45, 7) is 3.39. The SMILES string of the molecule is COCCN1CCC(Oc2ccc(-c3c(Cl)cc(C4(N)N=C(N)NN4)cc3C(F)(F)F)cc2)CC1. The maximum Gasteiger partial charge on any atom is 0.417 e. The minimum absolute atomic E-state index is 0.0170. The van der Waals surface area contributed by atoms with Crippen molar-refractivity contribution in [3.05, 3.63) is 52.5 Å². The number of nitrogens with two attached hydrogens (primary N) is 2. The number of hydrogen-bond donors (Lipinski definition) is 4. The zero-order chi connectivity index (χ0) is 25.2. The van der Waals surface area contributed by atoms with Gasteiger partial charge in [-0.15, -0.1) is 0 Å². The highest BCUT2D eigenvalue weighted by Gasteiger charge is 2.39. The van der Waals surface area contributed by atoms with E-state index in [1.165, 1.54) is 6.07 Å². The maximum atomic E-state index is 14.0. The number of methoxy groups -OCH3 is 1. The molecule has 0 aliphatic carbocycles. The predicted octanol–water partition coefficient (Wildman–Crippen LogP) is 3.01. The van der Waals surface area contributed by atoms with E-state index in [0.29, 0.717) is 17.9 Å². The molecule has 0 amide bonds. The molecular weight excluding hydrogens is 485 g/mol. The van der Waals surface area contributed by atoms with Gasteiger partial charge >= 0.3 is 6.18 Å². The number of ether oxygens (including phenoxy) is 2. The van der Waals surface area contributed by atoms with Gasteiger partial charge in [0.15, 0.2) is 0 Å². The first-order valence-electron chi connectivity index (χ1n) is 11.2. The van der Waals surface area contributed by atoms with Gasteiger partial charge in [-0.3, -0.25) is 11.2 Å². The summed E-state index contributed by atoms with van der Waals surface area (Å²) in [5.74, 6) is -1.13. The highest BCUT2D eigenvalue weighted by Crippen LogP contribution is 2.43. The Morgan fingerprint density at radius 2 is 1.89 bits per heavy atom. The topological polar surface area (TPSA) is 110 Å². The third-order valence-electron chi connectivity index (χ3n) is 6.11. The molecule has 6 N–H and O–H groups in total. The van der Waals surface area contributed by atoms with Crippen molar-refractivity contribution < 1.29 is 22.6 Å². The molecule has 2 aliphatic heterocycles. The molecule has 0 aromatic heterocycles. The average Bonchev–Trinajstić information content (AvgIpc) is 3.18. The Kier molecular flexibility index (Phi) is 7.43. The summed E-state index contributed by atoms with van der Waals surface area (Å²) in [6, 6.07) is 8.75. The predicted molar refractivity (Wildman–Crippen MR) is 128 cm³/mol. The molecule has 0 bridgehead atoms. The van der Waals surface area contributed by atoms with E-state index in [9.17, 15) is 13.2 Å². The van der Waals surface area contributed by atoms with Crippen molar-refractivity contribution in [2.24, 2.45) is 16.5 Å². The van der Waals surface area contributed by atoms with Gasteiger partial charge in [0.05, 0.1) is 12.2 Å². The van der Waals surface area contributed by atoms with E-state index >= 15 is 0 Å². The fraction of sp³-hybridized carbons (Fsp3) is 0.435. The standard InChI is InChI=1S/C23H28ClF3N6O2/c1-34-11-10-33-8-6-17(7-9-33)35-16-4-2-14(3-5-16)20-18(22(25,26)27)12-15(13-19(20)24)23(29)30-21(28)31-32-23/h2-5,12-13,17,32H,6-11,29H2,1H3,(H3,28,30,31). The van der Waals surface area contributed by atoms with E-state index < -0.39 is 17.5 Å². The van der Waals surface area contributed by atoms with Gasteiger partial charge in [0.1, 0.15) is 11.9 Å². The molecule has 2 aromatic carbocycles. The molecular formula is C23H28ClF3N6O2. The third kappa shape index (κ3) is 5.81. The number of nitrogens with zero attached hydrogens (tertiary/aromatic N) is 2. The number of nitrogens with one attached hydrogen (secondary N) is 2. The van der Waals surface area contributed by atoms with Crippen LogP contribution in [0.1, 0.15) is 24.0 Å². The lowest BCUT2D eigenvalue weighted by Crippen LogP contribution is -2.50. The van der Waals surface area contributed by atoms with Crippen LogP contribution >= 0.6 is 11.6 Å². The van der Waals surface area contributed by atoms with E-state index in [1.807, 2.05) is 0 Å². The first-order chi connectivity index (χ1) is 16.6. The highest BCUT2D eigenvalue weighted by molar-refractivity contribution is 6.33. The van der Waals surface area contributed by atoms with Crippen molar-refractivity contribution in [3.8, 4) is 16.9 Å². The van der Waals surface area contributed by atoms with Gasteiger partial charge in [-0.1, -0.05) is 23.7 Å². The average molecular weight is 513 g/mol. The Balaban J connectivity index is 1.54. The van der Waals surface area contributed by atoms with Gasteiger partial charge in [-0.05, 0) is 42.7 Å². The Labute approximate surface area is 206 Å². The van der Waals surface area contributed by atoms with Gasteiger partial charge in [-0.2, -0.15) is 18.6 Å². The Morgan fingerprint density at radius 3 is 2.46 bits per heavy atom. The maximum absolute atomic E-state index is 14.0. The molecule has 2 aliphatic rings. The quantitative estimate of drug-likeness (QED) is 0.451. The number of benzene rings is 2. The number of likely N-dealkylation sites (tertiary alicyclic amines) is 1. The molecule has 12 heteroatoms. The molecule has 0 radical (unpaired) electrons. The second-order valence-electron chi connectivity index (χ2n) is 8.57. The molecule has 8 nitrogen and oxygen atoms in total. The lowest BCUT2D eigenvalue weighted by atomic mass is 9.95. The number of halogens is 4. The Morgan fingerprint density at radius 1 is 1.20 bits per heavy atom. The zero-order valence-electron chi connectivity index (χ0n) is 19.2. The van der Waals surface area contributed by atoms with Crippen molar-refractivity contribution in [2.45, 2.75) is 30.9 Å². The summed E-state index contributed by atoms with van der Waals surface area (Å²) >= 11 is 6.37. The largest absolute Gasteiger partial charge is 0.490 e. The Hall–Kier alpha value is -2.57. The van der Waals surface area contributed by atoms with E-state index in [2.05, 4.69) is 20.7 Å². The van der Waals surface area contributed by atoms with Gasteiger partial charge < -0.3 is 20.1 Å². The van der Waals surface area contributed by atoms with Crippen LogP contribution in [0.3, 0.4) is 0 Å². The van der Waals surface area contributed by atoms with Crippen LogP contribution in [-0.2, 0) is 16.7 Å². The molecule has 35 heavy (non-hydrogen) atoms. The normalized spacial score (nSPS) is 21.6. The monoisotopic (exact) mass is 512 g/mol. The van der Waals surface area contributed by atoms with Crippen LogP contribution in [0.5, 0.6) is 5.75 Å². The summed E-state index contributed by atoms with van der Waals surface area (Å²) in [6.07, 6.45) is -2.89. The lowest BCUT2D eigenvalue weighted by Gasteiger charge is -2.31. The number of hydrazine groups is 1. The van der Waals surface area contributed by atoms with Crippen LogP contribution in [-0.4, -0.2) is 50.3 Å². The molecule has 4 rings (SSSR count). The van der Waals surface area contributed by atoms with Gasteiger partial charge in [0.2, 0.25) is 11.7 Å². The molecule has 1 atom stereocenters. The smallest absolute Gasteiger partial charge is 0.417 e. The van der Waals surface area contributed by atoms with Gasteiger partial charge in [0, 0.05) is 42.9 Å². The second-order valence-corrected chi connectivity index (χ2v) is 8.98. The van der Waals surface area contributed by atoms with Crippen molar-refractivity contribution in [2.75, 3.05) is 33.4 Å². The fourth-order valence-corrected chi connectivity index (χ4v) is 4.58. The molecule has 1 saturated heterocycles. The number of aliphatic imine (C=N–C) groups is 1. The van der Waals surface area contributed by atoms with E-state index in [0.717, 1.165) is 38.5 Å². The number of rotatable bonds is 7. The summed E-state index contributed by atoms with van der Waals surface area (Å²) in [5, 5.41) is -0.112. The van der Waals surface area contributed by atoms with Crippen LogP contribution in [0.4, 0.5) is 13.2 Å². The van der Waals surface area contributed by atoms with Gasteiger partial charge in [0.25, 0.3) is 0 Å². The summed E-state index contributed by atoms with van der Waals surface area (Å²) < 4.78 is 53.3. The third-order valence-corrected chi connectivity index (χ3v) is 6.40.